The van der Waals surface area contributed by atoms with E-state index in [0.717, 1.165) is 32.1 Å². The third kappa shape index (κ3) is 10.0. The van der Waals surface area contributed by atoms with Crippen LogP contribution in [0.2, 0.25) is 0 Å². The molecule has 0 rings (SSSR count). The number of rotatable bonds is 9. The standard InChI is InChI=1S/C13H30N4O2S/c1-6-17(7-2)10-9-15-13(14-4)16-12(3)8-11-20(5,18)19/h12H,6-11H2,1-5H3,(H2,14,15,16). The normalized spacial score (nSPS) is 14.4. The summed E-state index contributed by atoms with van der Waals surface area (Å²) >= 11 is 0. The molecule has 0 spiro atoms. The largest absolute Gasteiger partial charge is 0.355 e. The van der Waals surface area contributed by atoms with Crippen molar-refractivity contribution in [3.63, 3.8) is 0 Å². The van der Waals surface area contributed by atoms with E-state index in [2.05, 4.69) is 34.4 Å². The number of nitrogens with zero attached hydrogens (tertiary/aromatic N) is 2. The van der Waals surface area contributed by atoms with Gasteiger partial charge in [0.2, 0.25) is 0 Å². The molecule has 20 heavy (non-hydrogen) atoms. The van der Waals surface area contributed by atoms with Crippen molar-refractivity contribution in [2.75, 3.05) is 45.2 Å². The van der Waals surface area contributed by atoms with Gasteiger partial charge in [0.15, 0.2) is 5.96 Å². The Labute approximate surface area is 123 Å². The van der Waals surface area contributed by atoms with E-state index >= 15 is 0 Å². The molecule has 0 aliphatic heterocycles. The van der Waals surface area contributed by atoms with Crippen LogP contribution in [0.3, 0.4) is 0 Å². The van der Waals surface area contributed by atoms with Crippen molar-refractivity contribution in [2.24, 2.45) is 4.99 Å². The topological polar surface area (TPSA) is 73.8 Å². The molecule has 2 N–H and O–H groups in total. The number of nitrogens with one attached hydrogen (secondary N) is 2. The van der Waals surface area contributed by atoms with Crippen molar-refractivity contribution in [3.8, 4) is 0 Å². The Kier molecular flexibility index (Phi) is 9.58. The second kappa shape index (κ2) is 9.99. The van der Waals surface area contributed by atoms with Crippen molar-refractivity contribution >= 4 is 15.8 Å². The Bertz CT molecular complexity index is 378. The molecule has 0 aliphatic rings. The zero-order chi connectivity index (χ0) is 15.6. The molecule has 0 saturated carbocycles. The Balaban J connectivity index is 4.04. The molecule has 1 unspecified atom stereocenters. The maximum Gasteiger partial charge on any atom is 0.191 e. The fraction of sp³-hybridized carbons (Fsp3) is 0.923. The van der Waals surface area contributed by atoms with Crippen LogP contribution in [0.4, 0.5) is 0 Å². The molecule has 0 aromatic rings. The Morgan fingerprint density at radius 3 is 2.35 bits per heavy atom. The molecule has 0 saturated heterocycles. The summed E-state index contributed by atoms with van der Waals surface area (Å²) in [5.74, 6) is 0.913. The van der Waals surface area contributed by atoms with Crippen LogP contribution >= 0.6 is 0 Å². The molecule has 0 fully saturated rings. The molecular weight excluding hydrogens is 276 g/mol. The van der Waals surface area contributed by atoms with Gasteiger partial charge in [-0.1, -0.05) is 13.8 Å². The maximum atomic E-state index is 11.1. The van der Waals surface area contributed by atoms with E-state index in [1.165, 1.54) is 6.26 Å². The summed E-state index contributed by atoms with van der Waals surface area (Å²) in [4.78, 5) is 6.47. The average molecular weight is 306 g/mol. The summed E-state index contributed by atoms with van der Waals surface area (Å²) < 4.78 is 22.2. The van der Waals surface area contributed by atoms with Gasteiger partial charge in [-0.3, -0.25) is 4.99 Å². The van der Waals surface area contributed by atoms with Crippen molar-refractivity contribution in [1.29, 1.82) is 0 Å². The molecule has 0 bridgehead atoms. The lowest BCUT2D eigenvalue weighted by molar-refractivity contribution is 0.308. The minimum Gasteiger partial charge on any atom is -0.355 e. The van der Waals surface area contributed by atoms with Gasteiger partial charge in [0.1, 0.15) is 9.84 Å². The lowest BCUT2D eigenvalue weighted by Crippen LogP contribution is -2.45. The van der Waals surface area contributed by atoms with Gasteiger partial charge in [-0.2, -0.15) is 0 Å². The highest BCUT2D eigenvalue weighted by atomic mass is 32.2. The van der Waals surface area contributed by atoms with Crippen molar-refractivity contribution in [3.05, 3.63) is 0 Å². The Morgan fingerprint density at radius 2 is 1.90 bits per heavy atom. The number of sulfone groups is 1. The first-order valence-electron chi connectivity index (χ1n) is 7.19. The molecule has 0 heterocycles. The van der Waals surface area contributed by atoms with Gasteiger partial charge in [-0.15, -0.1) is 0 Å². The number of guanidine groups is 1. The quantitative estimate of drug-likeness (QED) is 0.474. The van der Waals surface area contributed by atoms with Gasteiger partial charge in [0.05, 0.1) is 5.75 Å². The van der Waals surface area contributed by atoms with E-state index in [1.807, 2.05) is 6.92 Å². The molecule has 0 radical (unpaired) electrons. The van der Waals surface area contributed by atoms with Crippen LogP contribution in [0.15, 0.2) is 4.99 Å². The minimum absolute atomic E-state index is 0.0735. The molecule has 0 aromatic heterocycles. The summed E-state index contributed by atoms with van der Waals surface area (Å²) in [6, 6.07) is 0.0735. The summed E-state index contributed by atoms with van der Waals surface area (Å²) in [6.07, 6.45) is 1.84. The van der Waals surface area contributed by atoms with Crippen LogP contribution in [0, 0.1) is 0 Å². The van der Waals surface area contributed by atoms with E-state index in [0.29, 0.717) is 6.42 Å². The molecule has 0 aromatic carbocycles. The first-order valence-corrected chi connectivity index (χ1v) is 9.25. The van der Waals surface area contributed by atoms with E-state index in [-0.39, 0.29) is 11.8 Å². The highest BCUT2D eigenvalue weighted by Crippen LogP contribution is 1.95. The zero-order valence-corrected chi connectivity index (χ0v) is 14.3. The first kappa shape index (κ1) is 19.2. The van der Waals surface area contributed by atoms with Crippen LogP contribution in [0.5, 0.6) is 0 Å². The average Bonchev–Trinajstić information content (AvgIpc) is 2.39. The Morgan fingerprint density at radius 1 is 1.30 bits per heavy atom. The van der Waals surface area contributed by atoms with Gasteiger partial charge in [-0.25, -0.2) is 8.42 Å². The summed E-state index contributed by atoms with van der Waals surface area (Å²) in [5, 5.41) is 6.45. The van der Waals surface area contributed by atoms with Gasteiger partial charge < -0.3 is 15.5 Å². The highest BCUT2D eigenvalue weighted by Gasteiger charge is 2.09. The van der Waals surface area contributed by atoms with Gasteiger partial charge >= 0.3 is 0 Å². The SMILES string of the molecule is CCN(CC)CCNC(=NC)NC(C)CCS(C)(=O)=O. The second-order valence-corrected chi connectivity index (χ2v) is 7.25. The zero-order valence-electron chi connectivity index (χ0n) is 13.4. The first-order chi connectivity index (χ1) is 9.32. The maximum absolute atomic E-state index is 11.1. The second-order valence-electron chi connectivity index (χ2n) is 4.99. The van der Waals surface area contributed by atoms with E-state index in [1.54, 1.807) is 7.05 Å². The monoisotopic (exact) mass is 306 g/mol. The lowest BCUT2D eigenvalue weighted by atomic mass is 10.3. The summed E-state index contributed by atoms with van der Waals surface area (Å²) in [5.41, 5.74) is 0. The molecular formula is C13H30N4O2S. The predicted molar refractivity (Wildman–Crippen MR) is 86.1 cm³/mol. The van der Waals surface area contributed by atoms with Crippen molar-refractivity contribution < 1.29 is 8.42 Å². The van der Waals surface area contributed by atoms with Crippen molar-refractivity contribution in [1.82, 2.24) is 15.5 Å². The van der Waals surface area contributed by atoms with Crippen LogP contribution in [-0.2, 0) is 9.84 Å². The number of hydrogen-bond donors (Lipinski definition) is 2. The summed E-state index contributed by atoms with van der Waals surface area (Å²) in [6.45, 7) is 10.1. The van der Waals surface area contributed by atoms with Crippen LogP contribution < -0.4 is 10.6 Å². The summed E-state index contributed by atoms with van der Waals surface area (Å²) in [7, 11) is -1.19. The van der Waals surface area contributed by atoms with Crippen LogP contribution in [0.25, 0.3) is 0 Å². The van der Waals surface area contributed by atoms with Gasteiger partial charge in [0, 0.05) is 32.4 Å². The minimum atomic E-state index is -2.90. The molecule has 0 amide bonds. The van der Waals surface area contributed by atoms with E-state index in [4.69, 9.17) is 0 Å². The predicted octanol–water partition coefficient (Wildman–Crippen LogP) is 0.316. The molecule has 7 heteroatoms. The molecule has 120 valence electrons. The third-order valence-electron chi connectivity index (χ3n) is 3.14. The molecule has 1 atom stereocenters. The fourth-order valence-corrected chi connectivity index (χ4v) is 2.55. The number of likely N-dealkylation sites (N-methyl/N-ethyl adjacent to an activating group) is 1. The lowest BCUT2D eigenvalue weighted by Gasteiger charge is -2.21. The van der Waals surface area contributed by atoms with Gasteiger partial charge in [-0.05, 0) is 26.4 Å². The smallest absolute Gasteiger partial charge is 0.191 e. The molecule has 6 nitrogen and oxygen atoms in total. The van der Waals surface area contributed by atoms with E-state index in [9.17, 15) is 8.42 Å². The Hall–Kier alpha value is -0.820. The highest BCUT2D eigenvalue weighted by molar-refractivity contribution is 7.90. The number of hydrogen-bond acceptors (Lipinski definition) is 4. The van der Waals surface area contributed by atoms with Gasteiger partial charge in [0.25, 0.3) is 0 Å². The van der Waals surface area contributed by atoms with Crippen LogP contribution in [-0.4, -0.2) is 70.6 Å². The third-order valence-corrected chi connectivity index (χ3v) is 4.12. The van der Waals surface area contributed by atoms with Crippen LogP contribution in [0.1, 0.15) is 27.2 Å². The molecule has 0 aliphatic carbocycles. The fourth-order valence-electron chi connectivity index (χ4n) is 1.76. The number of aliphatic imine (C=N–C) groups is 1. The van der Waals surface area contributed by atoms with Crippen molar-refractivity contribution in [2.45, 2.75) is 33.2 Å². The van der Waals surface area contributed by atoms with E-state index < -0.39 is 9.84 Å².